The first-order chi connectivity index (χ1) is 8.90. The van der Waals surface area contributed by atoms with E-state index < -0.39 is 20.6 Å². The summed E-state index contributed by atoms with van der Waals surface area (Å²) in [5.41, 5.74) is -0.0924. The molecular weight excluding hydrogens is 356 g/mol. The molecule has 1 N–H and O–H groups in total. The summed E-state index contributed by atoms with van der Waals surface area (Å²) < 4.78 is 27.0. The molecule has 6 nitrogen and oxygen atoms in total. The summed E-state index contributed by atoms with van der Waals surface area (Å²) in [4.78, 5) is 9.78. The van der Waals surface area contributed by atoms with Crippen LogP contribution in [0, 0.1) is 10.1 Å². The maximum Gasteiger partial charge on any atom is 0.289 e. The molecule has 2 rings (SSSR count). The Morgan fingerprint density at radius 3 is 2.63 bits per heavy atom. The van der Waals surface area contributed by atoms with Gasteiger partial charge in [-0.2, -0.15) is 11.3 Å². The number of hydrogen-bond acceptors (Lipinski definition) is 5. The number of hydrogen-bond donors (Lipinski definition) is 1. The van der Waals surface area contributed by atoms with Crippen LogP contribution < -0.4 is 4.72 Å². The van der Waals surface area contributed by atoms with Crippen molar-refractivity contribution in [3.63, 3.8) is 0 Å². The second kappa shape index (κ2) is 5.27. The van der Waals surface area contributed by atoms with Crippen molar-refractivity contribution < 1.29 is 13.3 Å². The molecule has 2 aromatic rings. The highest BCUT2D eigenvalue weighted by Gasteiger charge is 2.26. The number of thiophene rings is 1. The summed E-state index contributed by atoms with van der Waals surface area (Å²) in [6.45, 7) is 0. The van der Waals surface area contributed by atoms with Gasteiger partial charge in [-0.25, -0.2) is 8.42 Å². The molecule has 19 heavy (non-hydrogen) atoms. The molecule has 100 valence electrons. The summed E-state index contributed by atoms with van der Waals surface area (Å²) in [6.07, 6.45) is 0. The van der Waals surface area contributed by atoms with Crippen molar-refractivity contribution in [2.75, 3.05) is 4.72 Å². The number of nitro groups is 1. The predicted octanol–water partition coefficient (Wildman–Crippen LogP) is 3.22. The molecule has 1 heterocycles. The van der Waals surface area contributed by atoms with Crippen LogP contribution in [0.1, 0.15) is 0 Å². The number of benzene rings is 1. The van der Waals surface area contributed by atoms with Crippen LogP contribution in [-0.2, 0) is 10.0 Å². The topological polar surface area (TPSA) is 89.3 Å². The third kappa shape index (κ3) is 3.11. The zero-order valence-electron chi connectivity index (χ0n) is 9.24. The van der Waals surface area contributed by atoms with Crippen LogP contribution in [0.25, 0.3) is 0 Å². The highest BCUT2D eigenvalue weighted by atomic mass is 79.9. The fraction of sp³-hybridized carbons (Fsp3) is 0. The summed E-state index contributed by atoms with van der Waals surface area (Å²) in [5.74, 6) is 0. The minimum Gasteiger partial charge on any atom is -0.279 e. The summed E-state index contributed by atoms with van der Waals surface area (Å²) in [7, 11) is -4.00. The van der Waals surface area contributed by atoms with Gasteiger partial charge < -0.3 is 0 Å². The lowest BCUT2D eigenvalue weighted by Gasteiger charge is -2.07. The minimum absolute atomic E-state index is 0.374. The molecule has 0 aliphatic heterocycles. The van der Waals surface area contributed by atoms with Crippen molar-refractivity contribution in [3.8, 4) is 0 Å². The van der Waals surface area contributed by atoms with Crippen molar-refractivity contribution in [2.24, 2.45) is 0 Å². The molecule has 1 aromatic carbocycles. The second-order valence-electron chi connectivity index (χ2n) is 3.49. The van der Waals surface area contributed by atoms with Gasteiger partial charge in [-0.3, -0.25) is 14.8 Å². The lowest BCUT2D eigenvalue weighted by atomic mass is 10.3. The Balaban J connectivity index is 2.50. The standard InChI is InChI=1S/C10H7BrN2O4S2/c11-7-1-2-9(13(14)15)10(5-7)19(16,17)12-8-3-4-18-6-8/h1-6,12H. The van der Waals surface area contributed by atoms with Crippen LogP contribution in [0.15, 0.2) is 44.4 Å². The molecule has 0 aliphatic carbocycles. The summed E-state index contributed by atoms with van der Waals surface area (Å²) >= 11 is 4.42. The van der Waals surface area contributed by atoms with Gasteiger partial charge in [-0.1, -0.05) is 15.9 Å². The lowest BCUT2D eigenvalue weighted by Crippen LogP contribution is -2.14. The molecule has 0 spiro atoms. The highest BCUT2D eigenvalue weighted by molar-refractivity contribution is 9.10. The third-order valence-corrected chi connectivity index (χ3v) is 4.77. The van der Waals surface area contributed by atoms with Crippen LogP contribution in [-0.4, -0.2) is 13.3 Å². The lowest BCUT2D eigenvalue weighted by molar-refractivity contribution is -0.387. The van der Waals surface area contributed by atoms with E-state index in [1.807, 2.05) is 0 Å². The second-order valence-corrected chi connectivity index (χ2v) is 6.83. The zero-order chi connectivity index (χ0) is 14.0. The molecule has 0 bridgehead atoms. The number of nitrogens with zero attached hydrogens (tertiary/aromatic N) is 1. The Labute approximate surface area is 121 Å². The van der Waals surface area contributed by atoms with Crippen LogP contribution in [0.3, 0.4) is 0 Å². The van der Waals surface area contributed by atoms with Crippen LogP contribution in [0.2, 0.25) is 0 Å². The van der Waals surface area contributed by atoms with Gasteiger partial charge in [0.05, 0.1) is 10.6 Å². The van der Waals surface area contributed by atoms with E-state index in [1.165, 1.54) is 23.5 Å². The number of sulfonamides is 1. The number of anilines is 1. The molecule has 1 aromatic heterocycles. The van der Waals surface area contributed by atoms with Crippen LogP contribution >= 0.6 is 27.3 Å². The number of nitrogens with one attached hydrogen (secondary N) is 1. The molecule has 0 atom stereocenters. The Morgan fingerprint density at radius 1 is 1.32 bits per heavy atom. The van der Waals surface area contributed by atoms with Crippen molar-refractivity contribution >= 4 is 48.7 Å². The van der Waals surface area contributed by atoms with E-state index in [9.17, 15) is 18.5 Å². The normalized spacial score (nSPS) is 11.2. The van der Waals surface area contributed by atoms with E-state index in [4.69, 9.17) is 0 Å². The average molecular weight is 363 g/mol. The van der Waals surface area contributed by atoms with E-state index in [2.05, 4.69) is 20.7 Å². The number of halogens is 1. The number of rotatable bonds is 4. The monoisotopic (exact) mass is 362 g/mol. The first kappa shape index (κ1) is 14.0. The van der Waals surface area contributed by atoms with Crippen molar-refractivity contribution in [3.05, 3.63) is 49.6 Å². The summed E-state index contributed by atoms with van der Waals surface area (Å²) in [6, 6.07) is 5.34. The van der Waals surface area contributed by atoms with Crippen LogP contribution in [0.4, 0.5) is 11.4 Å². The van der Waals surface area contributed by atoms with Gasteiger partial charge >= 0.3 is 0 Å². The Hall–Kier alpha value is -1.45. The molecule has 9 heteroatoms. The van der Waals surface area contributed by atoms with Gasteiger partial charge in [0.1, 0.15) is 0 Å². The largest absolute Gasteiger partial charge is 0.289 e. The fourth-order valence-corrected chi connectivity index (χ4v) is 3.81. The molecule has 0 saturated carbocycles. The van der Waals surface area contributed by atoms with Crippen LogP contribution in [0.5, 0.6) is 0 Å². The minimum atomic E-state index is -4.00. The molecular formula is C10H7BrN2O4S2. The van der Waals surface area contributed by atoms with Crippen molar-refractivity contribution in [1.82, 2.24) is 0 Å². The number of nitro benzene ring substituents is 1. The molecule has 0 saturated heterocycles. The summed E-state index contributed by atoms with van der Waals surface area (Å²) in [5, 5.41) is 14.2. The van der Waals surface area contributed by atoms with E-state index in [1.54, 1.807) is 16.8 Å². The average Bonchev–Trinajstić information content (AvgIpc) is 2.80. The highest BCUT2D eigenvalue weighted by Crippen LogP contribution is 2.29. The van der Waals surface area contributed by atoms with Crippen molar-refractivity contribution in [1.29, 1.82) is 0 Å². The van der Waals surface area contributed by atoms with Gasteiger partial charge in [0.25, 0.3) is 15.7 Å². The molecule has 0 amide bonds. The molecule has 0 radical (unpaired) electrons. The van der Waals surface area contributed by atoms with Gasteiger partial charge in [0.2, 0.25) is 0 Å². The van der Waals surface area contributed by atoms with Gasteiger partial charge in [0, 0.05) is 15.9 Å². The Morgan fingerprint density at radius 2 is 2.05 bits per heavy atom. The van der Waals surface area contributed by atoms with Gasteiger partial charge in [-0.15, -0.1) is 0 Å². The van der Waals surface area contributed by atoms with E-state index >= 15 is 0 Å². The smallest absolute Gasteiger partial charge is 0.279 e. The quantitative estimate of drug-likeness (QED) is 0.667. The Kier molecular flexibility index (Phi) is 3.88. The fourth-order valence-electron chi connectivity index (χ4n) is 1.39. The molecule has 0 aliphatic rings. The first-order valence-electron chi connectivity index (χ1n) is 4.89. The van der Waals surface area contributed by atoms with Gasteiger partial charge in [-0.05, 0) is 23.6 Å². The first-order valence-corrected chi connectivity index (χ1v) is 8.11. The van der Waals surface area contributed by atoms with E-state index in [-0.39, 0.29) is 4.90 Å². The van der Waals surface area contributed by atoms with E-state index in [0.29, 0.717) is 10.2 Å². The van der Waals surface area contributed by atoms with E-state index in [0.717, 1.165) is 6.07 Å². The van der Waals surface area contributed by atoms with Gasteiger partial charge in [0.15, 0.2) is 4.90 Å². The molecule has 0 fully saturated rings. The van der Waals surface area contributed by atoms with Crippen molar-refractivity contribution in [2.45, 2.75) is 4.90 Å². The maximum absolute atomic E-state index is 12.1. The third-order valence-electron chi connectivity index (χ3n) is 2.18. The maximum atomic E-state index is 12.1. The predicted molar refractivity (Wildman–Crippen MR) is 75.9 cm³/mol. The SMILES string of the molecule is O=[N+]([O-])c1ccc(Br)cc1S(=O)(=O)Nc1ccsc1. The Bertz CT molecular complexity index is 713. The molecule has 0 unspecified atom stereocenters. The zero-order valence-corrected chi connectivity index (χ0v) is 12.5.